The Hall–Kier alpha value is -1.96. The zero-order valence-corrected chi connectivity index (χ0v) is 26.1. The summed E-state index contributed by atoms with van der Waals surface area (Å²) in [6.45, 7) is 2.29. The van der Waals surface area contributed by atoms with Gasteiger partial charge in [0.15, 0.2) is 31.3 Å². The summed E-state index contributed by atoms with van der Waals surface area (Å²) in [6, 6.07) is 9.15. The lowest BCUT2D eigenvalue weighted by Crippen LogP contribution is -2.33. The molecule has 1 aliphatic rings. The minimum atomic E-state index is 1.11. The van der Waals surface area contributed by atoms with E-state index in [1.807, 2.05) is 0 Å². The molecule has 2 nitrogen and oxygen atoms in total. The van der Waals surface area contributed by atoms with Crippen LogP contribution in [0.15, 0.2) is 61.2 Å². The van der Waals surface area contributed by atoms with Crippen molar-refractivity contribution in [1.29, 1.82) is 0 Å². The Balaban J connectivity index is 1.34. The molecule has 0 saturated carbocycles. The third kappa shape index (κ3) is 16.3. The Morgan fingerprint density at radius 2 is 0.775 bits per heavy atom. The number of aryl methyl sites for hydroxylation is 4. The van der Waals surface area contributed by atoms with Crippen molar-refractivity contribution >= 4 is 0 Å². The average Bonchev–Trinajstić information content (AvgIpc) is 2.97. The SMILES string of the molecule is C1=C/CC[n+]2cccc(c2)CCCCCCCCCCCCCC[n+]2cccc(c2)CCCCCCCCCC/1. The van der Waals surface area contributed by atoms with Crippen molar-refractivity contribution < 1.29 is 9.13 Å². The first-order valence-corrected chi connectivity index (χ1v) is 17.5. The second kappa shape index (κ2) is 22.7. The molecule has 0 amide bonds. The third-order valence-corrected chi connectivity index (χ3v) is 8.78. The van der Waals surface area contributed by atoms with Gasteiger partial charge < -0.3 is 0 Å². The Morgan fingerprint density at radius 3 is 1.30 bits per heavy atom. The van der Waals surface area contributed by atoms with Crippen molar-refractivity contribution in [3.63, 3.8) is 0 Å². The van der Waals surface area contributed by atoms with Crippen LogP contribution in [0.25, 0.3) is 0 Å². The lowest BCUT2D eigenvalue weighted by atomic mass is 10.0. The number of pyridine rings is 2. The molecule has 0 aromatic carbocycles. The molecule has 0 radical (unpaired) electrons. The molecule has 40 heavy (non-hydrogen) atoms. The molecule has 3 heterocycles. The van der Waals surface area contributed by atoms with Crippen molar-refractivity contribution in [2.24, 2.45) is 0 Å². The largest absolute Gasteiger partial charge is 0.205 e. The third-order valence-electron chi connectivity index (χ3n) is 8.78. The predicted molar refractivity (Wildman–Crippen MR) is 171 cm³/mol. The molecule has 0 unspecified atom stereocenters. The molecule has 0 saturated heterocycles. The summed E-state index contributed by atoms with van der Waals surface area (Å²) in [5.41, 5.74) is 3.04. The van der Waals surface area contributed by atoms with Crippen LogP contribution in [0.2, 0.25) is 0 Å². The standard InChI is InChI=1S/C38H62N2/c1-3-7-11-15-19-23-31-39-33-26-30-38(36-39)28-22-18-14-10-6-2-4-8-12-16-20-24-32-40-34-25-29-37(35-40)27-21-17-13-9-5-1/h15,19,25-26,29-30,33-36H,1-14,16-18,20-24,27-28,31-32H2/q+2/b19-15+. The predicted octanol–water partition coefficient (Wildman–Crippen LogP) is 10.2. The molecule has 0 spiro atoms. The van der Waals surface area contributed by atoms with E-state index in [0.717, 1.165) is 13.0 Å². The molecule has 0 aliphatic carbocycles. The Kier molecular flexibility index (Phi) is 18.5. The maximum atomic E-state index is 2.44. The number of hydrogen-bond donors (Lipinski definition) is 0. The summed E-state index contributed by atoms with van der Waals surface area (Å²) in [5.74, 6) is 0. The van der Waals surface area contributed by atoms with Gasteiger partial charge in [0, 0.05) is 36.1 Å². The molecule has 1 aliphatic heterocycles. The van der Waals surface area contributed by atoms with Crippen molar-refractivity contribution in [2.45, 2.75) is 167 Å². The highest BCUT2D eigenvalue weighted by molar-refractivity contribution is 5.06. The van der Waals surface area contributed by atoms with Gasteiger partial charge in [-0.1, -0.05) is 108 Å². The van der Waals surface area contributed by atoms with Crippen LogP contribution < -0.4 is 9.13 Å². The van der Waals surface area contributed by atoms with E-state index in [9.17, 15) is 0 Å². The summed E-state index contributed by atoms with van der Waals surface area (Å²) >= 11 is 0. The van der Waals surface area contributed by atoms with Gasteiger partial charge in [0.2, 0.25) is 0 Å². The maximum Gasteiger partial charge on any atom is 0.171 e. The minimum absolute atomic E-state index is 1.11. The van der Waals surface area contributed by atoms with E-state index in [0.29, 0.717) is 0 Å². The van der Waals surface area contributed by atoms with E-state index in [2.05, 4.69) is 70.3 Å². The number of aromatic nitrogens is 2. The molecule has 0 atom stereocenters. The monoisotopic (exact) mass is 546 g/mol. The summed E-state index contributed by atoms with van der Waals surface area (Å²) in [7, 11) is 0. The molecule has 2 aromatic rings. The Labute approximate surface area is 248 Å². The number of rotatable bonds is 0. The van der Waals surface area contributed by atoms with Crippen LogP contribution in [-0.2, 0) is 25.9 Å². The van der Waals surface area contributed by atoms with Crippen LogP contribution in [-0.4, -0.2) is 0 Å². The van der Waals surface area contributed by atoms with Gasteiger partial charge in [-0.15, -0.1) is 0 Å². The van der Waals surface area contributed by atoms with E-state index in [-0.39, 0.29) is 0 Å². The fraction of sp³-hybridized carbons (Fsp3) is 0.684. The van der Waals surface area contributed by atoms with Crippen molar-refractivity contribution in [1.82, 2.24) is 0 Å². The maximum absolute atomic E-state index is 2.44. The first kappa shape index (κ1) is 32.6. The molecule has 2 aromatic heterocycles. The second-order valence-electron chi connectivity index (χ2n) is 12.5. The van der Waals surface area contributed by atoms with Gasteiger partial charge in [0.1, 0.15) is 6.54 Å². The van der Waals surface area contributed by atoms with Crippen molar-refractivity contribution in [2.75, 3.05) is 0 Å². The van der Waals surface area contributed by atoms with E-state index in [1.54, 1.807) is 0 Å². The molecule has 2 heteroatoms. The number of hydrogen-bond acceptors (Lipinski definition) is 0. The fourth-order valence-corrected chi connectivity index (χ4v) is 6.23. The smallest absolute Gasteiger partial charge is 0.171 e. The van der Waals surface area contributed by atoms with E-state index >= 15 is 0 Å². The topological polar surface area (TPSA) is 7.76 Å². The average molecular weight is 547 g/mol. The van der Waals surface area contributed by atoms with Crippen molar-refractivity contribution in [3.8, 4) is 0 Å². The van der Waals surface area contributed by atoms with Gasteiger partial charge in [0.05, 0.1) is 0 Å². The highest BCUT2D eigenvalue weighted by atomic mass is 14.9. The highest BCUT2D eigenvalue weighted by Crippen LogP contribution is 2.14. The molecular formula is C38H62N2+2. The van der Waals surface area contributed by atoms with Gasteiger partial charge in [-0.2, -0.15) is 0 Å². The van der Waals surface area contributed by atoms with Gasteiger partial charge in [0.25, 0.3) is 0 Å². The fourth-order valence-electron chi connectivity index (χ4n) is 6.23. The van der Waals surface area contributed by atoms with Gasteiger partial charge in [-0.3, -0.25) is 0 Å². The lowest BCUT2D eigenvalue weighted by Gasteiger charge is -2.04. The van der Waals surface area contributed by atoms with Crippen LogP contribution in [0, 0.1) is 0 Å². The zero-order chi connectivity index (χ0) is 27.8. The van der Waals surface area contributed by atoms with Crippen LogP contribution in [0.5, 0.6) is 0 Å². The van der Waals surface area contributed by atoms with Gasteiger partial charge in [-0.05, 0) is 57.1 Å². The summed E-state index contributed by atoms with van der Waals surface area (Å²) in [5, 5.41) is 0. The molecule has 222 valence electrons. The molecule has 4 bridgehead atoms. The Bertz CT molecular complexity index is 902. The summed E-state index contributed by atoms with van der Waals surface area (Å²) < 4.78 is 4.83. The number of nitrogens with zero attached hydrogens (tertiary/aromatic N) is 2. The lowest BCUT2D eigenvalue weighted by molar-refractivity contribution is -0.697. The van der Waals surface area contributed by atoms with E-state index in [4.69, 9.17) is 0 Å². The van der Waals surface area contributed by atoms with Crippen LogP contribution in [0.3, 0.4) is 0 Å². The van der Waals surface area contributed by atoms with Gasteiger partial charge >= 0.3 is 0 Å². The number of allylic oxidation sites excluding steroid dienone is 2. The van der Waals surface area contributed by atoms with E-state index < -0.39 is 0 Å². The zero-order valence-electron chi connectivity index (χ0n) is 26.1. The first-order valence-electron chi connectivity index (χ1n) is 17.5. The van der Waals surface area contributed by atoms with Crippen molar-refractivity contribution in [3.05, 3.63) is 72.3 Å². The molecule has 3 rings (SSSR count). The van der Waals surface area contributed by atoms with Crippen LogP contribution >= 0.6 is 0 Å². The first-order chi connectivity index (χ1) is 19.9. The highest BCUT2D eigenvalue weighted by Gasteiger charge is 2.04. The van der Waals surface area contributed by atoms with Crippen LogP contribution in [0.1, 0.15) is 152 Å². The number of fused-ring (bicyclic) bond motifs is 4. The molecule has 0 fully saturated rings. The Morgan fingerprint density at radius 1 is 0.375 bits per heavy atom. The normalized spacial score (nSPS) is 20.6. The van der Waals surface area contributed by atoms with Crippen LogP contribution in [0.4, 0.5) is 0 Å². The summed E-state index contributed by atoms with van der Waals surface area (Å²) in [6.07, 6.45) is 47.0. The molecular weight excluding hydrogens is 484 g/mol. The second-order valence-corrected chi connectivity index (χ2v) is 12.5. The van der Waals surface area contributed by atoms with Gasteiger partial charge in [-0.25, -0.2) is 9.13 Å². The van der Waals surface area contributed by atoms with E-state index in [1.165, 1.54) is 165 Å². The quantitative estimate of drug-likeness (QED) is 0.229. The molecule has 0 N–H and O–H groups in total. The summed E-state index contributed by atoms with van der Waals surface area (Å²) in [4.78, 5) is 0. The minimum Gasteiger partial charge on any atom is -0.205 e.